The quantitative estimate of drug-likeness (QED) is 0.759. The number of rotatable bonds is 6. The first-order valence-electron chi connectivity index (χ1n) is 8.35. The topological polar surface area (TPSA) is 97.0 Å². The van der Waals surface area contributed by atoms with Crippen molar-refractivity contribution >= 4 is 33.1 Å². The molecule has 2 amide bonds. The van der Waals surface area contributed by atoms with Crippen LogP contribution in [0.5, 0.6) is 5.75 Å². The maximum Gasteiger partial charge on any atom is 0.319 e. The molecule has 0 bridgehead atoms. The first-order valence-corrected chi connectivity index (χ1v) is 10.6. The minimum atomic E-state index is -3.51. The standard InChI is InChI=1S/C17H21N3O5S2/c1-24-15-5-3-2-4-14(15)19-17(21)18-12-13-6-7-16(26-13)27(22,23)20-8-10-25-11-9-20/h2-7H,8-12H2,1H3,(H2,18,19,21). The number of amides is 2. The summed E-state index contributed by atoms with van der Waals surface area (Å²) < 4.78 is 37.3. The SMILES string of the molecule is COc1ccccc1NC(=O)NCc1ccc(S(=O)(=O)N2CCOCC2)s1. The van der Waals surface area contributed by atoms with Gasteiger partial charge < -0.3 is 20.1 Å². The molecule has 27 heavy (non-hydrogen) atoms. The molecule has 0 saturated carbocycles. The van der Waals surface area contributed by atoms with E-state index in [4.69, 9.17) is 9.47 Å². The number of carbonyl (C=O) groups excluding carboxylic acids is 1. The van der Waals surface area contributed by atoms with Gasteiger partial charge in [-0.05, 0) is 24.3 Å². The molecule has 2 heterocycles. The predicted molar refractivity (Wildman–Crippen MR) is 103 cm³/mol. The number of anilines is 1. The molecule has 0 unspecified atom stereocenters. The van der Waals surface area contributed by atoms with Gasteiger partial charge in [-0.15, -0.1) is 11.3 Å². The van der Waals surface area contributed by atoms with Crippen LogP contribution in [0.1, 0.15) is 4.88 Å². The fourth-order valence-corrected chi connectivity index (χ4v) is 5.45. The molecule has 0 radical (unpaired) electrons. The minimum Gasteiger partial charge on any atom is -0.495 e. The van der Waals surface area contributed by atoms with E-state index in [9.17, 15) is 13.2 Å². The molecule has 1 fully saturated rings. The van der Waals surface area contributed by atoms with Crippen molar-refractivity contribution in [3.8, 4) is 5.75 Å². The van der Waals surface area contributed by atoms with Crippen LogP contribution in [0.15, 0.2) is 40.6 Å². The van der Waals surface area contributed by atoms with Crippen molar-refractivity contribution in [2.24, 2.45) is 0 Å². The zero-order valence-corrected chi connectivity index (χ0v) is 16.4. The number of nitrogens with zero attached hydrogens (tertiary/aromatic N) is 1. The zero-order chi connectivity index (χ0) is 19.3. The molecule has 146 valence electrons. The van der Waals surface area contributed by atoms with Crippen molar-refractivity contribution in [1.82, 2.24) is 9.62 Å². The zero-order valence-electron chi connectivity index (χ0n) is 14.8. The van der Waals surface area contributed by atoms with E-state index >= 15 is 0 Å². The van der Waals surface area contributed by atoms with Gasteiger partial charge in [0.25, 0.3) is 10.0 Å². The third-order valence-electron chi connectivity index (χ3n) is 3.98. The lowest BCUT2D eigenvalue weighted by Crippen LogP contribution is -2.40. The lowest BCUT2D eigenvalue weighted by atomic mass is 10.3. The lowest BCUT2D eigenvalue weighted by molar-refractivity contribution is 0.0731. The van der Waals surface area contributed by atoms with E-state index in [0.717, 1.165) is 16.2 Å². The normalized spacial score (nSPS) is 15.3. The molecule has 8 nitrogen and oxygen atoms in total. The van der Waals surface area contributed by atoms with Crippen LogP contribution in [0.2, 0.25) is 0 Å². The van der Waals surface area contributed by atoms with E-state index in [1.54, 1.807) is 30.3 Å². The molecule has 2 aromatic rings. The molecule has 0 aliphatic carbocycles. The van der Waals surface area contributed by atoms with Gasteiger partial charge in [0, 0.05) is 18.0 Å². The van der Waals surface area contributed by atoms with Crippen LogP contribution in [0.25, 0.3) is 0 Å². The van der Waals surface area contributed by atoms with Gasteiger partial charge in [-0.1, -0.05) is 12.1 Å². The fourth-order valence-electron chi connectivity index (χ4n) is 2.59. The summed E-state index contributed by atoms with van der Waals surface area (Å²) in [5, 5.41) is 5.43. The van der Waals surface area contributed by atoms with E-state index in [1.165, 1.54) is 11.4 Å². The molecule has 0 spiro atoms. The largest absolute Gasteiger partial charge is 0.495 e. The Hall–Kier alpha value is -2.14. The third-order valence-corrected chi connectivity index (χ3v) is 7.43. The number of methoxy groups -OCH3 is 1. The smallest absolute Gasteiger partial charge is 0.319 e. The number of ether oxygens (including phenoxy) is 2. The van der Waals surface area contributed by atoms with Crippen LogP contribution >= 0.6 is 11.3 Å². The Kier molecular flexibility index (Phi) is 6.32. The number of morpholine rings is 1. The molecule has 2 N–H and O–H groups in total. The van der Waals surface area contributed by atoms with Crippen LogP contribution in [-0.4, -0.2) is 52.2 Å². The summed E-state index contributed by atoms with van der Waals surface area (Å²) >= 11 is 1.15. The number of sulfonamides is 1. The first-order chi connectivity index (χ1) is 13.0. The first kappa shape index (κ1) is 19.6. The third kappa shape index (κ3) is 4.78. The van der Waals surface area contributed by atoms with Crippen molar-refractivity contribution in [1.29, 1.82) is 0 Å². The Morgan fingerprint density at radius 3 is 2.70 bits per heavy atom. The Labute approximate surface area is 162 Å². The average Bonchev–Trinajstić information content (AvgIpc) is 3.17. The molecule has 1 aromatic carbocycles. The highest BCUT2D eigenvalue weighted by Gasteiger charge is 2.27. The summed E-state index contributed by atoms with van der Waals surface area (Å²) in [6.45, 7) is 1.75. The average molecular weight is 412 g/mol. The number of hydrogen-bond donors (Lipinski definition) is 2. The van der Waals surface area contributed by atoms with Gasteiger partial charge in [-0.3, -0.25) is 0 Å². The highest BCUT2D eigenvalue weighted by Crippen LogP contribution is 2.26. The summed E-state index contributed by atoms with van der Waals surface area (Å²) in [6, 6.07) is 9.97. The van der Waals surface area contributed by atoms with Gasteiger partial charge in [0.15, 0.2) is 0 Å². The fraction of sp³-hybridized carbons (Fsp3) is 0.353. The highest BCUT2D eigenvalue weighted by molar-refractivity contribution is 7.91. The second-order valence-electron chi connectivity index (χ2n) is 5.75. The second-order valence-corrected chi connectivity index (χ2v) is 9.08. The van der Waals surface area contributed by atoms with Gasteiger partial charge in [0.2, 0.25) is 0 Å². The van der Waals surface area contributed by atoms with Gasteiger partial charge in [0.05, 0.1) is 32.6 Å². The molecule has 1 aliphatic rings. The van der Waals surface area contributed by atoms with Crippen LogP contribution in [0.3, 0.4) is 0 Å². The van der Waals surface area contributed by atoms with E-state index < -0.39 is 16.1 Å². The van der Waals surface area contributed by atoms with Crippen molar-refractivity contribution in [3.63, 3.8) is 0 Å². The van der Waals surface area contributed by atoms with E-state index in [2.05, 4.69) is 10.6 Å². The van der Waals surface area contributed by atoms with Crippen LogP contribution in [0, 0.1) is 0 Å². The summed E-state index contributed by atoms with van der Waals surface area (Å²) in [7, 11) is -1.98. The lowest BCUT2D eigenvalue weighted by Gasteiger charge is -2.25. The molecular weight excluding hydrogens is 390 g/mol. The van der Waals surface area contributed by atoms with Gasteiger partial charge in [0.1, 0.15) is 9.96 Å². The number of thiophene rings is 1. The molecule has 0 atom stereocenters. The Morgan fingerprint density at radius 1 is 1.22 bits per heavy atom. The Morgan fingerprint density at radius 2 is 1.96 bits per heavy atom. The molecular formula is C17H21N3O5S2. The molecule has 1 aromatic heterocycles. The van der Waals surface area contributed by atoms with E-state index in [1.807, 2.05) is 6.07 Å². The van der Waals surface area contributed by atoms with Crippen LogP contribution in [0.4, 0.5) is 10.5 Å². The number of urea groups is 1. The van der Waals surface area contributed by atoms with E-state index in [0.29, 0.717) is 37.7 Å². The Balaban J connectivity index is 1.58. The summed E-state index contributed by atoms with van der Waals surface area (Å²) in [6.07, 6.45) is 0. The predicted octanol–water partition coefficient (Wildman–Crippen LogP) is 2.10. The number of benzene rings is 1. The van der Waals surface area contributed by atoms with Gasteiger partial charge in [-0.25, -0.2) is 13.2 Å². The molecule has 1 saturated heterocycles. The summed E-state index contributed by atoms with van der Waals surface area (Å²) in [5.74, 6) is 0.558. The number of para-hydroxylation sites is 2. The van der Waals surface area contributed by atoms with Crippen LogP contribution in [-0.2, 0) is 21.3 Å². The molecule has 10 heteroatoms. The second kappa shape index (κ2) is 8.70. The van der Waals surface area contributed by atoms with Gasteiger partial charge in [-0.2, -0.15) is 4.31 Å². The van der Waals surface area contributed by atoms with Crippen molar-refractivity contribution in [2.45, 2.75) is 10.8 Å². The number of carbonyl (C=O) groups is 1. The van der Waals surface area contributed by atoms with Crippen LogP contribution < -0.4 is 15.4 Å². The summed E-state index contributed by atoms with van der Waals surface area (Å²) in [4.78, 5) is 12.8. The van der Waals surface area contributed by atoms with Crippen molar-refractivity contribution in [2.75, 3.05) is 38.7 Å². The minimum absolute atomic E-state index is 0.226. The number of hydrogen-bond acceptors (Lipinski definition) is 6. The maximum absolute atomic E-state index is 12.6. The maximum atomic E-state index is 12.6. The van der Waals surface area contributed by atoms with Crippen molar-refractivity contribution < 1.29 is 22.7 Å². The molecule has 3 rings (SSSR count). The monoisotopic (exact) mass is 411 g/mol. The van der Waals surface area contributed by atoms with E-state index in [-0.39, 0.29) is 10.8 Å². The van der Waals surface area contributed by atoms with Gasteiger partial charge >= 0.3 is 6.03 Å². The highest BCUT2D eigenvalue weighted by atomic mass is 32.2. The summed E-state index contributed by atoms with van der Waals surface area (Å²) in [5.41, 5.74) is 0.555. The number of nitrogens with one attached hydrogen (secondary N) is 2. The van der Waals surface area contributed by atoms with Crippen molar-refractivity contribution in [3.05, 3.63) is 41.3 Å². The molecule has 1 aliphatic heterocycles. The Bertz CT molecular complexity index is 891.